The van der Waals surface area contributed by atoms with E-state index in [0.29, 0.717) is 5.02 Å². The largest absolute Gasteiger partial charge is 0.504 e. The van der Waals surface area contributed by atoms with Crippen molar-refractivity contribution in [3.63, 3.8) is 0 Å². The number of aromatic hydroxyl groups is 1. The molecule has 0 aliphatic carbocycles. The Balaban J connectivity index is 1.96. The molecule has 2 aromatic rings. The Kier molecular flexibility index (Phi) is 6.64. The van der Waals surface area contributed by atoms with Crippen LogP contribution in [0.3, 0.4) is 0 Å². The highest BCUT2D eigenvalue weighted by atomic mass is 35.5. The minimum Gasteiger partial charge on any atom is -0.504 e. The van der Waals surface area contributed by atoms with Gasteiger partial charge >= 0.3 is 0 Å². The van der Waals surface area contributed by atoms with E-state index < -0.39 is 5.91 Å². The van der Waals surface area contributed by atoms with E-state index in [1.54, 1.807) is 25.3 Å². The Morgan fingerprint density at radius 2 is 1.92 bits per heavy atom. The van der Waals surface area contributed by atoms with Crippen molar-refractivity contribution >= 4 is 58.2 Å². The number of phenols is 1. The number of benzene rings is 2. The lowest BCUT2D eigenvalue weighted by atomic mass is 10.2. The number of rotatable bonds is 4. The zero-order chi connectivity index (χ0) is 18.4. The van der Waals surface area contributed by atoms with Gasteiger partial charge in [-0.15, -0.1) is 0 Å². The number of anilines is 1. The van der Waals surface area contributed by atoms with Crippen molar-refractivity contribution in [1.82, 2.24) is 5.32 Å². The van der Waals surface area contributed by atoms with Crippen LogP contribution in [-0.2, 0) is 4.79 Å². The Morgan fingerprint density at radius 1 is 1.24 bits per heavy atom. The topological polar surface area (TPSA) is 70.6 Å². The van der Waals surface area contributed by atoms with Crippen LogP contribution in [0.5, 0.6) is 11.5 Å². The second-order valence-electron chi connectivity index (χ2n) is 4.83. The predicted molar refractivity (Wildman–Crippen MR) is 105 cm³/mol. The lowest BCUT2D eigenvalue weighted by Crippen LogP contribution is -2.32. The molecular weight excluding hydrogens is 383 g/mol. The molecule has 0 heterocycles. The predicted octanol–water partition coefficient (Wildman–Crippen LogP) is 4.23. The highest BCUT2D eigenvalue weighted by Crippen LogP contribution is 2.34. The van der Waals surface area contributed by atoms with Gasteiger partial charge in [-0.2, -0.15) is 0 Å². The number of hydrogen-bond acceptors (Lipinski definition) is 4. The lowest BCUT2D eigenvalue weighted by Gasteiger charge is -2.11. The maximum atomic E-state index is 11.9. The highest BCUT2D eigenvalue weighted by Gasteiger charge is 2.10. The molecule has 0 aliphatic rings. The molecule has 2 aromatic carbocycles. The van der Waals surface area contributed by atoms with Crippen molar-refractivity contribution in [1.29, 1.82) is 0 Å². The Morgan fingerprint density at radius 3 is 2.56 bits per heavy atom. The van der Waals surface area contributed by atoms with Gasteiger partial charge in [0.25, 0.3) is 0 Å². The standard InChI is InChI=1S/C17H14Cl2N2O3S/c1-24-12-5-2-10(3-6-12)4-7-15(22)21-17(25)20-14-9-11(18)8-13(19)16(14)23/h2-9,23H,1H3,(H2,20,21,22,25)/b7-4+. The maximum absolute atomic E-state index is 11.9. The third-order valence-electron chi connectivity index (χ3n) is 3.06. The molecule has 8 heteroatoms. The van der Waals surface area contributed by atoms with E-state index in [0.717, 1.165) is 11.3 Å². The summed E-state index contributed by atoms with van der Waals surface area (Å²) in [6, 6.07) is 10.0. The van der Waals surface area contributed by atoms with Crippen LogP contribution in [0, 0.1) is 0 Å². The van der Waals surface area contributed by atoms with Gasteiger partial charge in [0.2, 0.25) is 5.91 Å². The molecule has 25 heavy (non-hydrogen) atoms. The van der Waals surface area contributed by atoms with E-state index in [2.05, 4.69) is 10.6 Å². The molecule has 0 atom stereocenters. The van der Waals surface area contributed by atoms with Crippen molar-refractivity contribution < 1.29 is 14.6 Å². The second kappa shape index (κ2) is 8.71. The van der Waals surface area contributed by atoms with Gasteiger partial charge in [0.15, 0.2) is 10.9 Å². The number of methoxy groups -OCH3 is 1. The normalized spacial score (nSPS) is 10.5. The quantitative estimate of drug-likeness (QED) is 0.409. The highest BCUT2D eigenvalue weighted by molar-refractivity contribution is 7.80. The summed E-state index contributed by atoms with van der Waals surface area (Å²) in [6.45, 7) is 0. The molecule has 0 saturated heterocycles. The molecule has 0 fully saturated rings. The molecular formula is C17H14Cl2N2O3S. The van der Waals surface area contributed by atoms with Crippen LogP contribution in [-0.4, -0.2) is 23.2 Å². The first kappa shape index (κ1) is 19.1. The van der Waals surface area contributed by atoms with Crippen LogP contribution < -0.4 is 15.4 Å². The maximum Gasteiger partial charge on any atom is 0.250 e. The van der Waals surface area contributed by atoms with Crippen molar-refractivity contribution in [3.05, 3.63) is 58.1 Å². The van der Waals surface area contributed by atoms with Crippen LogP contribution in [0.15, 0.2) is 42.5 Å². The van der Waals surface area contributed by atoms with Crippen molar-refractivity contribution in [2.24, 2.45) is 0 Å². The summed E-state index contributed by atoms with van der Waals surface area (Å²) in [4.78, 5) is 11.9. The SMILES string of the molecule is COc1ccc(/C=C/C(=O)NC(=S)Nc2cc(Cl)cc(Cl)c2O)cc1. The summed E-state index contributed by atoms with van der Waals surface area (Å²) in [5, 5.41) is 15.4. The number of halogens is 2. The van der Waals surface area contributed by atoms with Crippen LogP contribution in [0.25, 0.3) is 6.08 Å². The number of carbonyl (C=O) groups is 1. The molecule has 2 rings (SSSR count). The molecule has 3 N–H and O–H groups in total. The molecule has 0 unspecified atom stereocenters. The number of carbonyl (C=O) groups excluding carboxylic acids is 1. The zero-order valence-electron chi connectivity index (χ0n) is 13.0. The van der Waals surface area contributed by atoms with Gasteiger partial charge in [-0.1, -0.05) is 35.3 Å². The van der Waals surface area contributed by atoms with Crippen molar-refractivity contribution in [3.8, 4) is 11.5 Å². The molecule has 5 nitrogen and oxygen atoms in total. The van der Waals surface area contributed by atoms with Gasteiger partial charge in [0, 0.05) is 11.1 Å². The van der Waals surface area contributed by atoms with Crippen LogP contribution >= 0.6 is 35.4 Å². The van der Waals surface area contributed by atoms with E-state index in [-0.39, 0.29) is 21.6 Å². The first-order valence-electron chi connectivity index (χ1n) is 7.01. The first-order valence-corrected chi connectivity index (χ1v) is 8.17. The molecule has 0 bridgehead atoms. The summed E-state index contributed by atoms with van der Waals surface area (Å²) in [5.41, 5.74) is 1.02. The summed E-state index contributed by atoms with van der Waals surface area (Å²) >= 11 is 16.7. The zero-order valence-corrected chi connectivity index (χ0v) is 15.4. The number of hydrogen-bond donors (Lipinski definition) is 3. The Labute approximate surface area is 160 Å². The third-order valence-corrected chi connectivity index (χ3v) is 3.77. The van der Waals surface area contributed by atoms with Gasteiger partial charge in [-0.3, -0.25) is 10.1 Å². The fourth-order valence-corrected chi connectivity index (χ4v) is 2.56. The lowest BCUT2D eigenvalue weighted by molar-refractivity contribution is -0.115. The number of ether oxygens (including phenoxy) is 1. The fraction of sp³-hybridized carbons (Fsp3) is 0.0588. The van der Waals surface area contributed by atoms with E-state index in [1.807, 2.05) is 12.1 Å². The van der Waals surface area contributed by atoms with E-state index >= 15 is 0 Å². The number of amides is 1. The van der Waals surface area contributed by atoms with Gasteiger partial charge in [-0.25, -0.2) is 0 Å². The third kappa shape index (κ3) is 5.63. The van der Waals surface area contributed by atoms with Crippen LogP contribution in [0.1, 0.15) is 5.56 Å². The van der Waals surface area contributed by atoms with Crippen LogP contribution in [0.2, 0.25) is 10.0 Å². The van der Waals surface area contributed by atoms with Gasteiger partial charge in [0.1, 0.15) is 5.75 Å². The molecule has 0 aromatic heterocycles. The molecule has 0 radical (unpaired) electrons. The molecule has 0 spiro atoms. The molecule has 0 saturated carbocycles. The number of nitrogens with one attached hydrogen (secondary N) is 2. The van der Waals surface area contributed by atoms with Gasteiger partial charge in [0.05, 0.1) is 17.8 Å². The first-order chi connectivity index (χ1) is 11.9. The number of phenolic OH excluding ortho intramolecular Hbond substituents is 1. The molecule has 1 amide bonds. The van der Waals surface area contributed by atoms with E-state index in [4.69, 9.17) is 40.2 Å². The van der Waals surface area contributed by atoms with Crippen molar-refractivity contribution in [2.75, 3.05) is 12.4 Å². The van der Waals surface area contributed by atoms with Crippen molar-refractivity contribution in [2.45, 2.75) is 0 Å². The average Bonchev–Trinajstić information content (AvgIpc) is 2.57. The fourth-order valence-electron chi connectivity index (χ4n) is 1.86. The molecule has 130 valence electrons. The summed E-state index contributed by atoms with van der Waals surface area (Å²) in [7, 11) is 1.58. The second-order valence-corrected chi connectivity index (χ2v) is 6.09. The van der Waals surface area contributed by atoms with E-state index in [1.165, 1.54) is 18.2 Å². The minimum absolute atomic E-state index is 0.00184. The summed E-state index contributed by atoms with van der Waals surface area (Å²) < 4.78 is 5.06. The number of thiocarbonyl (C=S) groups is 1. The van der Waals surface area contributed by atoms with Crippen LogP contribution in [0.4, 0.5) is 5.69 Å². The summed E-state index contributed by atoms with van der Waals surface area (Å²) in [5.74, 6) is 0.0874. The molecule has 0 aliphatic heterocycles. The average molecular weight is 397 g/mol. The van der Waals surface area contributed by atoms with Gasteiger partial charge < -0.3 is 15.2 Å². The smallest absolute Gasteiger partial charge is 0.250 e. The Bertz CT molecular complexity index is 823. The van der Waals surface area contributed by atoms with Gasteiger partial charge in [-0.05, 0) is 48.1 Å². The summed E-state index contributed by atoms with van der Waals surface area (Å²) in [6.07, 6.45) is 2.96. The van der Waals surface area contributed by atoms with E-state index in [9.17, 15) is 9.90 Å². The Hall–Kier alpha value is -2.28. The minimum atomic E-state index is -0.430. The monoisotopic (exact) mass is 396 g/mol.